The molecule has 0 bridgehead atoms. The topological polar surface area (TPSA) is 68.0 Å². The Bertz CT molecular complexity index is 1310. The number of hydrogen-bond donors (Lipinski definition) is 1. The number of benzene rings is 2. The van der Waals surface area contributed by atoms with Gasteiger partial charge in [-0.2, -0.15) is 13.2 Å². The predicted octanol–water partition coefficient (Wildman–Crippen LogP) is 6.40. The van der Waals surface area contributed by atoms with Gasteiger partial charge in [-0.15, -0.1) is 0 Å². The number of carbonyl (C=O) groups excluding carboxylic acids is 1. The van der Waals surface area contributed by atoms with Gasteiger partial charge in [0.15, 0.2) is 0 Å². The van der Waals surface area contributed by atoms with Gasteiger partial charge < -0.3 is 4.52 Å². The van der Waals surface area contributed by atoms with Gasteiger partial charge >= 0.3 is 6.18 Å². The van der Waals surface area contributed by atoms with E-state index in [2.05, 4.69) is 15.5 Å². The Morgan fingerprint density at radius 1 is 1.03 bits per heavy atom. The minimum absolute atomic E-state index is 0.000237. The zero-order valence-electron chi connectivity index (χ0n) is 16.7. The van der Waals surface area contributed by atoms with Crippen LogP contribution < -0.4 is 5.32 Å². The van der Waals surface area contributed by atoms with E-state index in [4.69, 9.17) is 16.1 Å². The lowest BCUT2D eigenvalue weighted by atomic mass is 10.00. The highest BCUT2D eigenvalue weighted by Crippen LogP contribution is 2.40. The summed E-state index contributed by atoms with van der Waals surface area (Å²) in [6.07, 6.45) is -2.03. The van der Waals surface area contributed by atoms with Gasteiger partial charge in [0, 0.05) is 23.0 Å². The van der Waals surface area contributed by atoms with Crippen molar-refractivity contribution in [2.75, 3.05) is 5.32 Å². The van der Waals surface area contributed by atoms with Crippen LogP contribution in [0.25, 0.3) is 22.4 Å². The van der Waals surface area contributed by atoms with Crippen molar-refractivity contribution >= 4 is 23.4 Å². The molecule has 4 rings (SSSR count). The highest BCUT2D eigenvalue weighted by molar-refractivity contribution is 6.31. The number of nitrogens with zero attached hydrogens (tertiary/aromatic N) is 2. The molecule has 2 aromatic heterocycles. The molecule has 0 saturated heterocycles. The van der Waals surface area contributed by atoms with E-state index in [9.17, 15) is 22.4 Å². The minimum atomic E-state index is -4.90. The molecule has 4 aromatic rings. The van der Waals surface area contributed by atoms with Crippen LogP contribution in [0.3, 0.4) is 0 Å². The molecule has 2 aromatic carbocycles. The lowest BCUT2D eigenvalue weighted by molar-refractivity contribution is -0.140. The Kier molecular flexibility index (Phi) is 6.15. The number of anilines is 1. The van der Waals surface area contributed by atoms with Crippen LogP contribution in [-0.2, 0) is 17.4 Å². The van der Waals surface area contributed by atoms with Crippen LogP contribution in [0.5, 0.6) is 0 Å². The molecule has 1 N–H and O–H groups in total. The maximum atomic E-state index is 13.8. The summed E-state index contributed by atoms with van der Waals surface area (Å²) in [6.45, 7) is 0. The molecular formula is C23H14ClF4N3O2. The third kappa shape index (κ3) is 4.88. The third-order valence-corrected chi connectivity index (χ3v) is 5.14. The highest BCUT2D eigenvalue weighted by atomic mass is 35.5. The van der Waals surface area contributed by atoms with Gasteiger partial charge in [-0.3, -0.25) is 15.1 Å². The summed E-state index contributed by atoms with van der Waals surface area (Å²) in [5, 5.41) is 6.86. The fourth-order valence-electron chi connectivity index (χ4n) is 3.23. The van der Waals surface area contributed by atoms with Gasteiger partial charge in [0.2, 0.25) is 11.8 Å². The molecule has 10 heteroatoms. The SMILES string of the molecule is O=C(Cc1ccccc1Cl)Nc1onc(-c2ccc(F)c(C(F)(F)F)c2)c1-c1ccncc1. The van der Waals surface area contributed by atoms with E-state index in [0.29, 0.717) is 28.3 Å². The Morgan fingerprint density at radius 2 is 1.76 bits per heavy atom. The van der Waals surface area contributed by atoms with E-state index >= 15 is 0 Å². The molecule has 168 valence electrons. The Labute approximate surface area is 190 Å². The summed E-state index contributed by atoms with van der Waals surface area (Å²) in [4.78, 5) is 16.5. The van der Waals surface area contributed by atoms with Crippen molar-refractivity contribution in [2.45, 2.75) is 12.6 Å². The fourth-order valence-corrected chi connectivity index (χ4v) is 3.44. The van der Waals surface area contributed by atoms with Crippen molar-refractivity contribution in [3.63, 3.8) is 0 Å². The normalized spacial score (nSPS) is 11.4. The largest absolute Gasteiger partial charge is 0.419 e. The number of nitrogens with one attached hydrogen (secondary N) is 1. The second-order valence-electron chi connectivity index (χ2n) is 6.98. The van der Waals surface area contributed by atoms with Crippen molar-refractivity contribution < 1.29 is 26.9 Å². The standard InChI is InChI=1S/C23H14ClF4N3O2/c24-17-4-2-1-3-14(17)12-19(32)30-22-20(13-7-9-29-10-8-13)21(31-33-22)15-5-6-18(25)16(11-15)23(26,27)28/h1-11H,12H2,(H,30,32). The number of aromatic nitrogens is 2. The van der Waals surface area contributed by atoms with Crippen LogP contribution in [0.15, 0.2) is 71.5 Å². The first kappa shape index (κ1) is 22.5. The molecule has 2 heterocycles. The predicted molar refractivity (Wildman–Crippen MR) is 114 cm³/mol. The van der Waals surface area contributed by atoms with Crippen LogP contribution in [0.4, 0.5) is 23.4 Å². The number of hydrogen-bond acceptors (Lipinski definition) is 4. The van der Waals surface area contributed by atoms with Crippen molar-refractivity contribution in [1.29, 1.82) is 0 Å². The molecule has 33 heavy (non-hydrogen) atoms. The fraction of sp³-hybridized carbons (Fsp3) is 0.0870. The number of alkyl halides is 3. The number of carbonyl (C=O) groups is 1. The van der Waals surface area contributed by atoms with Crippen molar-refractivity contribution in [3.8, 4) is 22.4 Å². The lowest BCUT2D eigenvalue weighted by Gasteiger charge is -2.10. The van der Waals surface area contributed by atoms with Gasteiger partial charge in [-0.05, 0) is 47.5 Å². The first-order valence-corrected chi connectivity index (χ1v) is 9.92. The minimum Gasteiger partial charge on any atom is -0.337 e. The molecule has 0 aliphatic carbocycles. The first-order chi connectivity index (χ1) is 15.7. The maximum Gasteiger partial charge on any atom is 0.419 e. The van der Waals surface area contributed by atoms with E-state index in [-0.39, 0.29) is 29.1 Å². The van der Waals surface area contributed by atoms with Crippen LogP contribution in [0, 0.1) is 5.82 Å². The molecule has 0 aliphatic rings. The van der Waals surface area contributed by atoms with Crippen molar-refractivity contribution in [2.24, 2.45) is 0 Å². The van der Waals surface area contributed by atoms with Crippen molar-refractivity contribution in [1.82, 2.24) is 10.1 Å². The quantitative estimate of drug-likeness (QED) is 0.339. The number of rotatable bonds is 5. The Morgan fingerprint density at radius 3 is 2.45 bits per heavy atom. The van der Waals surface area contributed by atoms with Crippen LogP contribution in [0.1, 0.15) is 11.1 Å². The molecule has 0 fully saturated rings. The molecule has 0 aliphatic heterocycles. The zero-order valence-corrected chi connectivity index (χ0v) is 17.4. The Hall–Kier alpha value is -3.72. The third-order valence-electron chi connectivity index (χ3n) is 4.77. The molecule has 0 atom stereocenters. The zero-order chi connectivity index (χ0) is 23.6. The molecule has 1 amide bonds. The average Bonchev–Trinajstić information content (AvgIpc) is 3.19. The summed E-state index contributed by atoms with van der Waals surface area (Å²) in [5.41, 5.74) is -0.189. The summed E-state index contributed by atoms with van der Waals surface area (Å²) in [6, 6.07) is 12.5. The molecular weight excluding hydrogens is 462 g/mol. The summed E-state index contributed by atoms with van der Waals surface area (Å²) < 4.78 is 58.7. The van der Waals surface area contributed by atoms with Crippen molar-refractivity contribution in [3.05, 3.63) is 89.0 Å². The number of amides is 1. The van der Waals surface area contributed by atoms with Gasteiger partial charge in [0.05, 0.1) is 17.5 Å². The lowest BCUT2D eigenvalue weighted by Crippen LogP contribution is -2.14. The Balaban J connectivity index is 1.75. The molecule has 0 spiro atoms. The van der Waals surface area contributed by atoms with Gasteiger partial charge in [-0.25, -0.2) is 4.39 Å². The highest BCUT2D eigenvalue weighted by Gasteiger charge is 2.35. The molecule has 5 nitrogen and oxygen atoms in total. The number of pyridine rings is 1. The smallest absolute Gasteiger partial charge is 0.337 e. The van der Waals surface area contributed by atoms with E-state index in [1.165, 1.54) is 12.4 Å². The van der Waals surface area contributed by atoms with E-state index in [0.717, 1.165) is 6.07 Å². The molecule has 0 radical (unpaired) electrons. The van der Waals surface area contributed by atoms with Gasteiger partial charge in [-0.1, -0.05) is 35.0 Å². The van der Waals surface area contributed by atoms with E-state index < -0.39 is 23.5 Å². The summed E-state index contributed by atoms with van der Waals surface area (Å²) >= 11 is 6.10. The monoisotopic (exact) mass is 475 g/mol. The maximum absolute atomic E-state index is 13.8. The second-order valence-corrected chi connectivity index (χ2v) is 7.39. The van der Waals surface area contributed by atoms with Crippen LogP contribution in [-0.4, -0.2) is 16.0 Å². The molecule has 0 unspecified atom stereocenters. The van der Waals surface area contributed by atoms with E-state index in [1.54, 1.807) is 36.4 Å². The number of halogens is 5. The van der Waals surface area contributed by atoms with Crippen LogP contribution >= 0.6 is 11.6 Å². The first-order valence-electron chi connectivity index (χ1n) is 9.54. The second kappa shape index (κ2) is 9.03. The summed E-state index contributed by atoms with van der Waals surface area (Å²) in [5.74, 6) is -1.96. The average molecular weight is 476 g/mol. The molecule has 0 saturated carbocycles. The van der Waals surface area contributed by atoms with Gasteiger partial charge in [0.1, 0.15) is 11.5 Å². The van der Waals surface area contributed by atoms with E-state index in [1.807, 2.05) is 0 Å². The van der Waals surface area contributed by atoms with Crippen LogP contribution in [0.2, 0.25) is 5.02 Å². The van der Waals surface area contributed by atoms with Gasteiger partial charge in [0.25, 0.3) is 0 Å². The summed E-state index contributed by atoms with van der Waals surface area (Å²) in [7, 11) is 0.